The van der Waals surface area contributed by atoms with Gasteiger partial charge in [-0.2, -0.15) is 0 Å². The minimum Gasteiger partial charge on any atom is -0.316 e. The zero-order chi connectivity index (χ0) is 15.2. The second-order valence-electron chi connectivity index (χ2n) is 4.67. The van der Waals surface area contributed by atoms with Crippen molar-refractivity contribution in [1.29, 1.82) is 0 Å². The van der Waals surface area contributed by atoms with E-state index < -0.39 is 0 Å². The van der Waals surface area contributed by atoms with E-state index in [2.05, 4.69) is 5.32 Å². The molecule has 0 bridgehead atoms. The van der Waals surface area contributed by atoms with E-state index in [-0.39, 0.29) is 11.9 Å². The molecule has 21 heavy (non-hydrogen) atoms. The van der Waals surface area contributed by atoms with Crippen LogP contribution >= 0.6 is 35.0 Å². The molecular weight excluding hydrogens is 328 g/mol. The van der Waals surface area contributed by atoms with Crippen LogP contribution in [0.25, 0.3) is 0 Å². The molecule has 1 N–H and O–H groups in total. The number of halogens is 3. The molecule has 112 valence electrons. The number of rotatable bonds is 6. The molecule has 0 aliphatic heterocycles. The summed E-state index contributed by atoms with van der Waals surface area (Å²) in [6, 6.07) is 12.5. The molecule has 0 saturated heterocycles. The Kier molecular flexibility index (Phi) is 6.37. The fourth-order valence-corrected chi connectivity index (χ4v) is 3.50. The van der Waals surface area contributed by atoms with Crippen LogP contribution in [0.4, 0.5) is 4.39 Å². The first-order valence-electron chi connectivity index (χ1n) is 6.58. The lowest BCUT2D eigenvalue weighted by Gasteiger charge is -2.17. The second kappa shape index (κ2) is 8.04. The summed E-state index contributed by atoms with van der Waals surface area (Å²) in [6.07, 6.45) is 0.584. The van der Waals surface area contributed by atoms with E-state index in [1.54, 1.807) is 23.9 Å². The molecule has 1 unspecified atom stereocenters. The molecule has 2 aromatic rings. The van der Waals surface area contributed by atoms with Gasteiger partial charge in [-0.25, -0.2) is 4.39 Å². The van der Waals surface area contributed by atoms with Crippen molar-refractivity contribution in [2.24, 2.45) is 0 Å². The predicted octanol–water partition coefficient (Wildman–Crippen LogP) is 5.06. The Bertz CT molecular complexity index is 607. The minimum atomic E-state index is -0.220. The van der Waals surface area contributed by atoms with Crippen LogP contribution in [0.1, 0.15) is 5.56 Å². The van der Waals surface area contributed by atoms with Gasteiger partial charge < -0.3 is 5.32 Å². The summed E-state index contributed by atoms with van der Waals surface area (Å²) in [4.78, 5) is 1.03. The maximum atomic E-state index is 13.8. The van der Waals surface area contributed by atoms with Gasteiger partial charge in [0.25, 0.3) is 0 Å². The number of benzene rings is 2. The number of likely N-dealkylation sites (N-methyl/N-ethyl adjacent to an activating group) is 1. The minimum absolute atomic E-state index is 0.138. The molecule has 2 rings (SSSR count). The van der Waals surface area contributed by atoms with Crippen molar-refractivity contribution in [1.82, 2.24) is 5.32 Å². The van der Waals surface area contributed by atoms with Crippen LogP contribution < -0.4 is 5.32 Å². The lowest BCUT2D eigenvalue weighted by atomic mass is 10.1. The molecular formula is C16H16Cl2FNS. The normalized spacial score (nSPS) is 12.4. The maximum absolute atomic E-state index is 13.8. The van der Waals surface area contributed by atoms with Crippen molar-refractivity contribution in [2.45, 2.75) is 17.4 Å². The van der Waals surface area contributed by atoms with Crippen LogP contribution in [-0.2, 0) is 6.42 Å². The van der Waals surface area contributed by atoms with E-state index in [1.165, 1.54) is 6.07 Å². The van der Waals surface area contributed by atoms with E-state index in [9.17, 15) is 4.39 Å². The Morgan fingerprint density at radius 2 is 1.95 bits per heavy atom. The first kappa shape index (κ1) is 16.6. The van der Waals surface area contributed by atoms with E-state index in [0.29, 0.717) is 17.0 Å². The number of hydrogen-bond donors (Lipinski definition) is 1. The summed E-state index contributed by atoms with van der Waals surface area (Å²) < 4.78 is 13.8. The third kappa shape index (κ3) is 4.89. The number of nitrogens with one attached hydrogen (secondary N) is 1. The Morgan fingerprint density at radius 1 is 1.19 bits per heavy atom. The molecule has 5 heteroatoms. The molecule has 0 spiro atoms. The molecule has 0 fully saturated rings. The van der Waals surface area contributed by atoms with Crippen LogP contribution in [0.2, 0.25) is 10.0 Å². The molecule has 2 aromatic carbocycles. The van der Waals surface area contributed by atoms with Crippen molar-refractivity contribution < 1.29 is 4.39 Å². The van der Waals surface area contributed by atoms with Gasteiger partial charge in [-0.15, -0.1) is 11.8 Å². The molecule has 0 saturated carbocycles. The van der Waals surface area contributed by atoms with Crippen molar-refractivity contribution in [2.75, 3.05) is 12.8 Å². The first-order valence-corrected chi connectivity index (χ1v) is 8.33. The summed E-state index contributed by atoms with van der Waals surface area (Å²) in [5.74, 6) is 0.578. The Morgan fingerprint density at radius 3 is 2.67 bits per heavy atom. The van der Waals surface area contributed by atoms with Crippen LogP contribution in [0, 0.1) is 5.82 Å². The molecule has 1 nitrogen and oxygen atoms in total. The van der Waals surface area contributed by atoms with Crippen LogP contribution in [0.5, 0.6) is 0 Å². The topological polar surface area (TPSA) is 12.0 Å². The molecule has 0 aliphatic rings. The standard InChI is InChI=1S/C16H16Cl2FNS/c1-20-13(9-11-8-12(17)6-7-15(11)19)10-21-16-5-3-2-4-14(16)18/h2-8,13,20H,9-10H2,1H3. The zero-order valence-corrected chi connectivity index (χ0v) is 13.9. The second-order valence-corrected chi connectivity index (χ2v) is 6.57. The fraction of sp³-hybridized carbons (Fsp3) is 0.250. The number of hydrogen-bond acceptors (Lipinski definition) is 2. The van der Waals surface area contributed by atoms with Gasteiger partial charge in [-0.05, 0) is 49.4 Å². The maximum Gasteiger partial charge on any atom is 0.126 e. The van der Waals surface area contributed by atoms with Gasteiger partial charge in [0.05, 0.1) is 5.02 Å². The van der Waals surface area contributed by atoms with Gasteiger partial charge in [-0.3, -0.25) is 0 Å². The molecule has 0 heterocycles. The highest BCUT2D eigenvalue weighted by Gasteiger charge is 2.12. The molecule has 0 aromatic heterocycles. The lowest BCUT2D eigenvalue weighted by molar-refractivity contribution is 0.568. The first-order chi connectivity index (χ1) is 10.1. The monoisotopic (exact) mass is 343 g/mol. The van der Waals surface area contributed by atoms with Gasteiger partial charge in [0.1, 0.15) is 5.82 Å². The van der Waals surface area contributed by atoms with Crippen molar-refractivity contribution in [3.63, 3.8) is 0 Å². The summed E-state index contributed by atoms with van der Waals surface area (Å²) >= 11 is 13.7. The highest BCUT2D eigenvalue weighted by atomic mass is 35.5. The Hall–Kier alpha value is -0.740. The highest BCUT2D eigenvalue weighted by molar-refractivity contribution is 7.99. The van der Waals surface area contributed by atoms with Crippen LogP contribution in [-0.4, -0.2) is 18.8 Å². The largest absolute Gasteiger partial charge is 0.316 e. The average Bonchev–Trinajstić information content (AvgIpc) is 2.48. The molecule has 0 aliphatic carbocycles. The summed E-state index contributed by atoms with van der Waals surface area (Å²) in [5, 5.41) is 4.51. The third-order valence-electron chi connectivity index (χ3n) is 3.16. The fourth-order valence-electron chi connectivity index (χ4n) is 1.96. The number of thioether (sulfide) groups is 1. The van der Waals surface area contributed by atoms with Gasteiger partial charge in [0.15, 0.2) is 0 Å². The highest BCUT2D eigenvalue weighted by Crippen LogP contribution is 2.27. The van der Waals surface area contributed by atoms with Crippen LogP contribution in [0.3, 0.4) is 0 Å². The van der Waals surface area contributed by atoms with Crippen LogP contribution in [0.15, 0.2) is 47.4 Å². The van der Waals surface area contributed by atoms with E-state index in [4.69, 9.17) is 23.2 Å². The molecule has 1 atom stereocenters. The quantitative estimate of drug-likeness (QED) is 0.736. The van der Waals surface area contributed by atoms with Crippen molar-refractivity contribution >= 4 is 35.0 Å². The zero-order valence-electron chi connectivity index (χ0n) is 11.6. The van der Waals surface area contributed by atoms with Gasteiger partial charge in [-0.1, -0.05) is 35.3 Å². The molecule has 0 radical (unpaired) electrons. The predicted molar refractivity (Wildman–Crippen MR) is 90.1 cm³/mol. The van der Waals surface area contributed by atoms with Gasteiger partial charge in [0, 0.05) is 21.7 Å². The Balaban J connectivity index is 2.00. The SMILES string of the molecule is CNC(CSc1ccccc1Cl)Cc1cc(Cl)ccc1F. The Labute approximate surface area is 138 Å². The summed E-state index contributed by atoms with van der Waals surface area (Å²) in [6.45, 7) is 0. The van der Waals surface area contributed by atoms with Gasteiger partial charge in [0.2, 0.25) is 0 Å². The van der Waals surface area contributed by atoms with E-state index >= 15 is 0 Å². The van der Waals surface area contributed by atoms with E-state index in [0.717, 1.165) is 15.7 Å². The molecule has 0 amide bonds. The summed E-state index contributed by atoms with van der Waals surface area (Å²) in [5.41, 5.74) is 0.626. The smallest absolute Gasteiger partial charge is 0.126 e. The third-order valence-corrected chi connectivity index (χ3v) is 5.07. The van der Waals surface area contributed by atoms with Gasteiger partial charge >= 0.3 is 0 Å². The average molecular weight is 344 g/mol. The van der Waals surface area contributed by atoms with E-state index in [1.807, 2.05) is 31.3 Å². The lowest BCUT2D eigenvalue weighted by Crippen LogP contribution is -2.30. The summed E-state index contributed by atoms with van der Waals surface area (Å²) in [7, 11) is 1.88. The van der Waals surface area contributed by atoms with Crippen molar-refractivity contribution in [3.8, 4) is 0 Å². The van der Waals surface area contributed by atoms with Crippen molar-refractivity contribution in [3.05, 3.63) is 63.9 Å².